The summed E-state index contributed by atoms with van der Waals surface area (Å²) in [4.78, 5) is 4.86. The molecule has 76 valence electrons. The molecule has 4 heteroatoms. The van der Waals surface area contributed by atoms with E-state index >= 15 is 0 Å². The van der Waals surface area contributed by atoms with Gasteiger partial charge in [-0.1, -0.05) is 0 Å². The summed E-state index contributed by atoms with van der Waals surface area (Å²) < 4.78 is 5.27. The van der Waals surface area contributed by atoms with Crippen LogP contribution in [0.1, 0.15) is 0 Å². The molecule has 0 atom stereocenters. The maximum atomic E-state index is 5.80. The highest BCUT2D eigenvalue weighted by Gasteiger charge is 2.43. The first-order valence-corrected chi connectivity index (χ1v) is 4.98. The molecule has 2 fully saturated rings. The van der Waals surface area contributed by atoms with E-state index < -0.39 is 0 Å². The van der Waals surface area contributed by atoms with E-state index in [4.69, 9.17) is 10.5 Å². The molecule has 0 saturated carbocycles. The highest BCUT2D eigenvalue weighted by atomic mass is 16.5. The van der Waals surface area contributed by atoms with Crippen molar-refractivity contribution in [2.45, 2.75) is 5.54 Å². The standard InChI is InChI=1S/C9H19N3O/c1-11-2-4-12(5-3-11)9(6-10)7-13-8-9/h2-8,10H2,1H3. The average Bonchev–Trinajstić information content (AvgIpc) is 2.07. The maximum absolute atomic E-state index is 5.80. The molecule has 0 radical (unpaired) electrons. The van der Waals surface area contributed by atoms with E-state index in [9.17, 15) is 0 Å². The van der Waals surface area contributed by atoms with Crippen LogP contribution in [0.25, 0.3) is 0 Å². The fourth-order valence-corrected chi connectivity index (χ4v) is 2.05. The van der Waals surface area contributed by atoms with Gasteiger partial charge in [0.15, 0.2) is 0 Å². The van der Waals surface area contributed by atoms with Crippen molar-refractivity contribution in [3.8, 4) is 0 Å². The van der Waals surface area contributed by atoms with Crippen LogP contribution < -0.4 is 5.73 Å². The average molecular weight is 185 g/mol. The second-order valence-corrected chi connectivity index (χ2v) is 4.21. The summed E-state index contributed by atoms with van der Waals surface area (Å²) in [6, 6.07) is 0. The van der Waals surface area contributed by atoms with E-state index in [-0.39, 0.29) is 5.54 Å². The quantitative estimate of drug-likeness (QED) is 0.597. The topological polar surface area (TPSA) is 41.7 Å². The van der Waals surface area contributed by atoms with E-state index in [0.717, 1.165) is 45.9 Å². The van der Waals surface area contributed by atoms with Crippen LogP contribution in [-0.4, -0.2) is 68.3 Å². The zero-order valence-electron chi connectivity index (χ0n) is 8.33. The van der Waals surface area contributed by atoms with Gasteiger partial charge in [0.2, 0.25) is 0 Å². The van der Waals surface area contributed by atoms with E-state index in [2.05, 4.69) is 16.8 Å². The molecule has 0 aliphatic carbocycles. The Bertz CT molecular complexity index is 168. The predicted molar refractivity (Wildman–Crippen MR) is 51.7 cm³/mol. The van der Waals surface area contributed by atoms with Gasteiger partial charge >= 0.3 is 0 Å². The SMILES string of the molecule is CN1CCN(C2(CN)COC2)CC1. The van der Waals surface area contributed by atoms with Crippen LogP contribution in [0.5, 0.6) is 0 Å². The Morgan fingerprint density at radius 3 is 2.23 bits per heavy atom. The van der Waals surface area contributed by atoms with Crippen molar-refractivity contribution in [3.63, 3.8) is 0 Å². The van der Waals surface area contributed by atoms with Gasteiger partial charge in [-0.05, 0) is 7.05 Å². The Morgan fingerprint density at radius 1 is 1.23 bits per heavy atom. The Hall–Kier alpha value is -0.160. The van der Waals surface area contributed by atoms with Crippen molar-refractivity contribution in [1.29, 1.82) is 0 Å². The number of likely N-dealkylation sites (N-methyl/N-ethyl adjacent to an activating group) is 1. The molecule has 0 bridgehead atoms. The third-order valence-electron chi connectivity index (χ3n) is 3.30. The number of hydrogen-bond donors (Lipinski definition) is 1. The maximum Gasteiger partial charge on any atom is 0.0803 e. The van der Waals surface area contributed by atoms with Crippen molar-refractivity contribution in [2.24, 2.45) is 5.73 Å². The zero-order chi connectivity index (χ0) is 9.31. The summed E-state index contributed by atoms with van der Waals surface area (Å²) in [7, 11) is 2.17. The number of hydrogen-bond acceptors (Lipinski definition) is 4. The van der Waals surface area contributed by atoms with Gasteiger partial charge in [0, 0.05) is 32.7 Å². The molecule has 0 aromatic carbocycles. The van der Waals surface area contributed by atoms with Crippen molar-refractivity contribution in [3.05, 3.63) is 0 Å². The summed E-state index contributed by atoms with van der Waals surface area (Å²) in [5.41, 5.74) is 5.98. The zero-order valence-corrected chi connectivity index (χ0v) is 8.33. The second kappa shape index (κ2) is 3.53. The van der Waals surface area contributed by atoms with Gasteiger partial charge in [0.25, 0.3) is 0 Å². The second-order valence-electron chi connectivity index (χ2n) is 4.21. The Labute approximate surface area is 79.6 Å². The monoisotopic (exact) mass is 185 g/mol. The third-order valence-corrected chi connectivity index (χ3v) is 3.30. The Balaban J connectivity index is 1.92. The first kappa shape index (κ1) is 9.40. The van der Waals surface area contributed by atoms with Gasteiger partial charge < -0.3 is 15.4 Å². The fraction of sp³-hybridized carbons (Fsp3) is 1.00. The van der Waals surface area contributed by atoms with Crippen LogP contribution in [-0.2, 0) is 4.74 Å². The van der Waals surface area contributed by atoms with Gasteiger partial charge in [-0.25, -0.2) is 0 Å². The lowest BCUT2D eigenvalue weighted by Gasteiger charge is -2.51. The van der Waals surface area contributed by atoms with Gasteiger partial charge in [-0.2, -0.15) is 0 Å². The van der Waals surface area contributed by atoms with Crippen LogP contribution >= 0.6 is 0 Å². The molecule has 0 aromatic heterocycles. The van der Waals surface area contributed by atoms with Crippen molar-refractivity contribution in [1.82, 2.24) is 9.80 Å². The molecule has 2 aliphatic heterocycles. The first-order chi connectivity index (χ1) is 6.27. The number of ether oxygens (including phenoxy) is 1. The number of nitrogens with zero attached hydrogens (tertiary/aromatic N) is 2. The number of piperazine rings is 1. The molecule has 13 heavy (non-hydrogen) atoms. The smallest absolute Gasteiger partial charge is 0.0803 e. The lowest BCUT2D eigenvalue weighted by atomic mass is 9.94. The van der Waals surface area contributed by atoms with Crippen LogP contribution in [0.2, 0.25) is 0 Å². The van der Waals surface area contributed by atoms with E-state index in [1.54, 1.807) is 0 Å². The number of nitrogens with two attached hydrogens (primary N) is 1. The highest BCUT2D eigenvalue weighted by molar-refractivity contribution is 4.98. The van der Waals surface area contributed by atoms with Crippen LogP contribution in [0.4, 0.5) is 0 Å². The molecular formula is C9H19N3O. The highest BCUT2D eigenvalue weighted by Crippen LogP contribution is 2.24. The molecule has 0 amide bonds. The minimum absolute atomic E-state index is 0.182. The van der Waals surface area contributed by atoms with E-state index in [0.29, 0.717) is 0 Å². The third kappa shape index (κ3) is 1.59. The van der Waals surface area contributed by atoms with Gasteiger partial charge in [0.05, 0.1) is 18.8 Å². The minimum Gasteiger partial charge on any atom is -0.377 e. The van der Waals surface area contributed by atoms with Crippen molar-refractivity contribution >= 4 is 0 Å². The Kier molecular flexibility index (Phi) is 2.55. The predicted octanol–water partition coefficient (Wildman–Crippen LogP) is -1.04. The molecule has 2 saturated heterocycles. The van der Waals surface area contributed by atoms with Gasteiger partial charge in [-0.3, -0.25) is 4.90 Å². The normalized spacial score (nSPS) is 30.0. The van der Waals surface area contributed by atoms with E-state index in [1.807, 2.05) is 0 Å². The first-order valence-electron chi connectivity index (χ1n) is 4.98. The summed E-state index contributed by atoms with van der Waals surface area (Å²) in [6.07, 6.45) is 0. The lowest BCUT2D eigenvalue weighted by molar-refractivity contribution is -0.143. The van der Waals surface area contributed by atoms with Gasteiger partial charge in [0.1, 0.15) is 0 Å². The van der Waals surface area contributed by atoms with Crippen LogP contribution in [0.3, 0.4) is 0 Å². The Morgan fingerprint density at radius 2 is 1.85 bits per heavy atom. The lowest BCUT2D eigenvalue weighted by Crippen LogP contribution is -2.69. The largest absolute Gasteiger partial charge is 0.377 e. The molecule has 0 unspecified atom stereocenters. The molecule has 0 aromatic rings. The summed E-state index contributed by atoms with van der Waals surface area (Å²) >= 11 is 0. The van der Waals surface area contributed by atoms with Crippen molar-refractivity contribution < 1.29 is 4.74 Å². The van der Waals surface area contributed by atoms with Crippen LogP contribution in [0, 0.1) is 0 Å². The molecule has 4 nitrogen and oxygen atoms in total. The molecule has 2 aliphatic rings. The summed E-state index contributed by atoms with van der Waals surface area (Å²) in [5, 5.41) is 0. The molecule has 2 heterocycles. The summed E-state index contributed by atoms with van der Waals surface area (Å²) in [5.74, 6) is 0. The summed E-state index contributed by atoms with van der Waals surface area (Å²) in [6.45, 7) is 6.97. The molecule has 0 spiro atoms. The molecule has 2 N–H and O–H groups in total. The molecule has 2 rings (SSSR count). The molecular weight excluding hydrogens is 166 g/mol. The van der Waals surface area contributed by atoms with Gasteiger partial charge in [-0.15, -0.1) is 0 Å². The minimum atomic E-state index is 0.182. The van der Waals surface area contributed by atoms with E-state index in [1.165, 1.54) is 0 Å². The fourth-order valence-electron chi connectivity index (χ4n) is 2.05. The van der Waals surface area contributed by atoms with Crippen LogP contribution in [0.15, 0.2) is 0 Å². The van der Waals surface area contributed by atoms with Crippen molar-refractivity contribution in [2.75, 3.05) is 53.0 Å². The number of rotatable bonds is 2.